The first kappa shape index (κ1) is 35.7. The average Bonchev–Trinajstić information content (AvgIpc) is 3.96. The molecule has 3 fully saturated rings. The Hall–Kier alpha value is -3.09. The van der Waals surface area contributed by atoms with Gasteiger partial charge in [-0.15, -0.1) is 4.31 Å². The Bertz CT molecular complexity index is 1640. The second kappa shape index (κ2) is 16.3. The predicted octanol–water partition coefficient (Wildman–Crippen LogP) is 5.97. The summed E-state index contributed by atoms with van der Waals surface area (Å²) in [6.07, 6.45) is 5.69. The van der Waals surface area contributed by atoms with Crippen LogP contribution in [0.2, 0.25) is 0 Å². The highest BCUT2D eigenvalue weighted by Crippen LogP contribution is 2.35. The zero-order valence-corrected chi connectivity index (χ0v) is 31.0. The zero-order chi connectivity index (χ0) is 34.5. The molecular weight excluding hydrogens is 778 g/mol. The first-order chi connectivity index (χ1) is 23.7. The molecule has 0 spiro atoms. The van der Waals surface area contributed by atoms with Crippen molar-refractivity contribution in [2.24, 2.45) is 10.9 Å². The van der Waals surface area contributed by atoms with Crippen LogP contribution in [0.5, 0.6) is 5.75 Å². The number of para-hydroxylation sites is 1. The molecule has 260 valence electrons. The van der Waals surface area contributed by atoms with Gasteiger partial charge in [-0.2, -0.15) is 4.99 Å². The molecule has 3 heterocycles. The largest absolute Gasteiger partial charge is 0.598 e. The maximum absolute atomic E-state index is 13.4. The Kier molecular flexibility index (Phi) is 11.9. The molecule has 0 radical (unpaired) electrons. The molecule has 1 saturated carbocycles. The number of nitrogens with zero attached hydrogens (tertiary/aromatic N) is 4. The van der Waals surface area contributed by atoms with Crippen molar-refractivity contribution in [3.8, 4) is 5.75 Å². The van der Waals surface area contributed by atoms with E-state index in [9.17, 15) is 24.0 Å². The van der Waals surface area contributed by atoms with Crippen LogP contribution in [0.15, 0.2) is 62.1 Å². The van der Waals surface area contributed by atoms with E-state index < -0.39 is 29.5 Å². The Morgan fingerprint density at radius 3 is 2.45 bits per heavy atom. The number of likely N-dealkylation sites (tertiary alicyclic amines) is 1. The minimum Gasteiger partial charge on any atom is -0.598 e. The molecule has 2 atom stereocenters. The quantitative estimate of drug-likeness (QED) is 0.191. The number of aliphatic imine (C=N–C) groups is 1. The van der Waals surface area contributed by atoms with Gasteiger partial charge in [0.25, 0.3) is 5.91 Å². The van der Waals surface area contributed by atoms with Gasteiger partial charge < -0.3 is 29.5 Å². The Balaban J connectivity index is 1.07. The van der Waals surface area contributed by atoms with Crippen LogP contribution in [0.4, 0.5) is 15.3 Å². The van der Waals surface area contributed by atoms with E-state index in [1.807, 2.05) is 35.2 Å². The molecular formula is C35H39Br2N5O6S. The number of halogens is 2. The molecule has 11 nitrogen and oxygen atoms in total. The van der Waals surface area contributed by atoms with E-state index in [0.29, 0.717) is 52.2 Å². The molecule has 4 aliphatic rings. The van der Waals surface area contributed by atoms with Gasteiger partial charge in [0.2, 0.25) is 0 Å². The van der Waals surface area contributed by atoms with E-state index in [1.54, 1.807) is 17.0 Å². The van der Waals surface area contributed by atoms with Crippen LogP contribution >= 0.6 is 31.9 Å². The summed E-state index contributed by atoms with van der Waals surface area (Å²) >= 11 is 5.76. The third-order valence-electron chi connectivity index (χ3n) is 9.43. The summed E-state index contributed by atoms with van der Waals surface area (Å²) in [4.78, 5) is 47.1. The standard InChI is InChI=1S/C35H39Br2N5O6S/c36-28-20-24(21-29(37)32(28)43)22-31(33(44)38-14-3-4-23-9-17-41(18-10-23)49(47)27-7-8-27)48-35(46)40-15-12-26(13-16-40)42-19-11-25-5-1-2-6-30(25)39-34(42)45/h1-2,4-6,20-21,23,26-27,31,43H,7-13,15-19,22H2,(H,39,45)/t31-,49?/m1/s1. The number of piperidine rings is 2. The van der Waals surface area contributed by atoms with Crippen LogP contribution in [-0.2, 0) is 33.7 Å². The highest BCUT2D eigenvalue weighted by Gasteiger charge is 2.40. The van der Waals surface area contributed by atoms with Crippen LogP contribution < -0.4 is 5.32 Å². The predicted molar refractivity (Wildman–Crippen MR) is 194 cm³/mol. The number of fused-ring (bicyclic) bond motifs is 1. The lowest BCUT2D eigenvalue weighted by atomic mass is 9.98. The van der Waals surface area contributed by atoms with E-state index in [2.05, 4.69) is 58.1 Å². The van der Waals surface area contributed by atoms with Gasteiger partial charge in [0.05, 0.1) is 8.95 Å². The third kappa shape index (κ3) is 9.18. The molecule has 0 bridgehead atoms. The van der Waals surface area contributed by atoms with Gasteiger partial charge in [0.1, 0.15) is 11.0 Å². The summed E-state index contributed by atoms with van der Waals surface area (Å²) in [6, 6.07) is 10.9. The number of ether oxygens (including phenoxy) is 1. The van der Waals surface area contributed by atoms with E-state index in [4.69, 9.17) is 4.74 Å². The lowest BCUT2D eigenvalue weighted by Gasteiger charge is -2.37. The van der Waals surface area contributed by atoms with Crippen LogP contribution in [0.1, 0.15) is 49.7 Å². The van der Waals surface area contributed by atoms with E-state index in [-0.39, 0.29) is 30.2 Å². The number of phenols is 1. The fourth-order valence-electron chi connectivity index (χ4n) is 6.44. The minimum atomic E-state index is -1.24. The summed E-state index contributed by atoms with van der Waals surface area (Å²) in [5, 5.41) is 13.5. The number of phenolic OH excluding ortho intramolecular Hbond substituents is 1. The number of allylic oxidation sites excluding steroid dienone is 1. The number of carbonyl (C=O) groups excluding carboxylic acids is 3. The third-order valence-corrected chi connectivity index (χ3v) is 12.6. The first-order valence-corrected chi connectivity index (χ1v) is 19.4. The number of aromatic hydroxyl groups is 1. The molecule has 2 aromatic carbocycles. The van der Waals surface area contributed by atoms with Crippen molar-refractivity contribution in [1.82, 2.24) is 14.1 Å². The summed E-state index contributed by atoms with van der Waals surface area (Å²) in [5.74, 6) is 2.16. The molecule has 1 unspecified atom stereocenters. The van der Waals surface area contributed by atoms with Gasteiger partial charge in [-0.25, -0.2) is 9.59 Å². The smallest absolute Gasteiger partial charge is 0.410 e. The second-order valence-corrected chi connectivity index (χ2v) is 16.3. The summed E-state index contributed by atoms with van der Waals surface area (Å²) in [7, 11) is 0. The Morgan fingerprint density at radius 2 is 1.76 bits per heavy atom. The highest BCUT2D eigenvalue weighted by molar-refractivity contribution is 9.11. The van der Waals surface area contributed by atoms with Gasteiger partial charge in [0, 0.05) is 80.9 Å². The van der Waals surface area contributed by atoms with Gasteiger partial charge in [-0.3, -0.25) is 4.79 Å². The van der Waals surface area contributed by atoms with Crippen molar-refractivity contribution >= 4 is 72.8 Å². The first-order valence-electron chi connectivity index (χ1n) is 16.7. The maximum Gasteiger partial charge on any atom is 0.410 e. The van der Waals surface area contributed by atoms with Crippen LogP contribution in [0, 0.1) is 5.92 Å². The van der Waals surface area contributed by atoms with Gasteiger partial charge >= 0.3 is 12.1 Å². The molecule has 0 aromatic heterocycles. The summed E-state index contributed by atoms with van der Waals surface area (Å²) < 4.78 is 21.1. The monoisotopic (exact) mass is 815 g/mol. The number of rotatable bonds is 8. The molecule has 2 aromatic rings. The summed E-state index contributed by atoms with van der Waals surface area (Å²) in [6.45, 7) is 2.85. The lowest BCUT2D eigenvalue weighted by Crippen LogP contribution is -2.50. The highest BCUT2D eigenvalue weighted by atomic mass is 79.9. The van der Waals surface area contributed by atoms with Crippen molar-refractivity contribution in [1.29, 1.82) is 0 Å². The minimum absolute atomic E-state index is 0.0177. The molecule has 4 amide bonds. The molecule has 2 saturated heterocycles. The van der Waals surface area contributed by atoms with Crippen LogP contribution in [-0.4, -0.2) is 97.8 Å². The SMILES string of the molecule is O=C(N=C=C=CC1CCN([S+]([O-])C2CC2)CC1)[C@@H](Cc1cc(Br)c(O)c(Br)c1)OC(=O)N1CCC(N2CCc3ccccc3NC2=O)CC1. The number of nitrogens with one attached hydrogen (secondary N) is 1. The maximum atomic E-state index is 13.4. The van der Waals surface area contributed by atoms with Crippen molar-refractivity contribution in [2.45, 2.75) is 68.8 Å². The van der Waals surface area contributed by atoms with Gasteiger partial charge in [0.15, 0.2) is 6.10 Å². The van der Waals surface area contributed by atoms with Crippen LogP contribution in [0.25, 0.3) is 0 Å². The van der Waals surface area contributed by atoms with Gasteiger partial charge in [-0.1, -0.05) is 23.9 Å². The number of hydrogen-bond acceptors (Lipinski definition) is 7. The topological polar surface area (TPSA) is 138 Å². The number of amides is 4. The number of anilines is 1. The molecule has 49 heavy (non-hydrogen) atoms. The van der Waals surface area contributed by atoms with E-state index >= 15 is 0 Å². The van der Waals surface area contributed by atoms with E-state index in [0.717, 1.165) is 56.4 Å². The average molecular weight is 818 g/mol. The zero-order valence-electron chi connectivity index (χ0n) is 27.0. The number of hydrogen-bond donors (Lipinski definition) is 2. The summed E-state index contributed by atoms with van der Waals surface area (Å²) in [5.41, 5.74) is 5.45. The van der Waals surface area contributed by atoms with E-state index in [1.165, 1.54) is 0 Å². The molecule has 3 aliphatic heterocycles. The fraction of sp³-hybridized carbons (Fsp3) is 0.486. The normalized spacial score (nSPS) is 20.2. The fourth-order valence-corrected chi connectivity index (χ4v) is 9.25. The lowest BCUT2D eigenvalue weighted by molar-refractivity contribution is -0.126. The molecule has 2 N–H and O–H groups in total. The molecule has 14 heteroatoms. The number of carbonyl (C=O) groups is 3. The molecule has 6 rings (SSSR count). The number of benzene rings is 2. The van der Waals surface area contributed by atoms with Crippen molar-refractivity contribution in [3.05, 3.63) is 68.3 Å². The Labute approximate surface area is 306 Å². The number of urea groups is 1. The second-order valence-electron chi connectivity index (χ2n) is 12.8. The Morgan fingerprint density at radius 1 is 1.06 bits per heavy atom. The van der Waals surface area contributed by atoms with Gasteiger partial charge in [-0.05, 0) is 105 Å². The van der Waals surface area contributed by atoms with Crippen molar-refractivity contribution < 1.29 is 28.8 Å². The van der Waals surface area contributed by atoms with Crippen molar-refractivity contribution in [2.75, 3.05) is 38.0 Å². The molecule has 1 aliphatic carbocycles. The van der Waals surface area contributed by atoms with Crippen molar-refractivity contribution in [3.63, 3.8) is 0 Å². The van der Waals surface area contributed by atoms with Crippen LogP contribution in [0.3, 0.4) is 0 Å².